The van der Waals surface area contributed by atoms with Gasteiger partial charge < -0.3 is 10.1 Å². The van der Waals surface area contributed by atoms with Crippen LogP contribution in [0.25, 0.3) is 0 Å². The van der Waals surface area contributed by atoms with E-state index in [1.54, 1.807) is 4.68 Å². The minimum atomic E-state index is 0.367. The normalized spacial score (nSPS) is 11.1. The molecule has 0 bridgehead atoms. The van der Waals surface area contributed by atoms with Gasteiger partial charge in [-0.25, -0.2) is 4.98 Å². The number of benzene rings is 1. The molecular formula is C14H19ClN4O. The maximum atomic E-state index is 6.25. The van der Waals surface area contributed by atoms with Gasteiger partial charge >= 0.3 is 0 Å². The van der Waals surface area contributed by atoms with E-state index in [2.05, 4.69) is 29.2 Å². The van der Waals surface area contributed by atoms with Gasteiger partial charge in [0.25, 0.3) is 0 Å². The SMILES string of the molecule is CC(C)NCc1c(Cl)cccc1OCc1ncnn1C. The molecule has 2 aromatic rings. The van der Waals surface area contributed by atoms with Gasteiger partial charge in [0.15, 0.2) is 5.82 Å². The highest BCUT2D eigenvalue weighted by Crippen LogP contribution is 2.27. The van der Waals surface area contributed by atoms with Crippen molar-refractivity contribution in [3.05, 3.63) is 40.9 Å². The molecule has 1 N–H and O–H groups in total. The van der Waals surface area contributed by atoms with Gasteiger partial charge in [0.1, 0.15) is 18.7 Å². The van der Waals surface area contributed by atoms with Crippen molar-refractivity contribution in [2.75, 3.05) is 0 Å². The van der Waals surface area contributed by atoms with E-state index in [1.165, 1.54) is 6.33 Å². The van der Waals surface area contributed by atoms with Crippen LogP contribution in [0, 0.1) is 0 Å². The van der Waals surface area contributed by atoms with E-state index in [0.717, 1.165) is 17.1 Å². The molecule has 2 rings (SSSR count). The summed E-state index contributed by atoms with van der Waals surface area (Å²) < 4.78 is 7.52. The van der Waals surface area contributed by atoms with E-state index in [1.807, 2.05) is 25.2 Å². The van der Waals surface area contributed by atoms with Crippen molar-refractivity contribution in [2.24, 2.45) is 7.05 Å². The van der Waals surface area contributed by atoms with Gasteiger partial charge in [-0.15, -0.1) is 0 Å². The fraction of sp³-hybridized carbons (Fsp3) is 0.429. The molecule has 0 aliphatic heterocycles. The van der Waals surface area contributed by atoms with Crippen molar-refractivity contribution < 1.29 is 4.74 Å². The van der Waals surface area contributed by atoms with Crippen LogP contribution in [0.5, 0.6) is 5.75 Å². The van der Waals surface area contributed by atoms with Gasteiger partial charge in [0.2, 0.25) is 0 Å². The first-order valence-corrected chi connectivity index (χ1v) is 6.92. The second-order valence-electron chi connectivity index (χ2n) is 4.84. The number of ether oxygens (including phenoxy) is 1. The Balaban J connectivity index is 2.10. The standard InChI is InChI=1S/C14H19ClN4O/c1-10(2)16-7-11-12(15)5-4-6-13(11)20-8-14-17-9-18-19(14)3/h4-6,9-10,16H,7-8H2,1-3H3. The first-order valence-electron chi connectivity index (χ1n) is 6.54. The summed E-state index contributed by atoms with van der Waals surface area (Å²) in [5.41, 5.74) is 0.963. The minimum Gasteiger partial charge on any atom is -0.485 e. The lowest BCUT2D eigenvalue weighted by Crippen LogP contribution is -2.22. The number of aromatic nitrogens is 3. The summed E-state index contributed by atoms with van der Waals surface area (Å²) in [6.07, 6.45) is 1.51. The molecule has 0 amide bonds. The predicted molar refractivity (Wildman–Crippen MR) is 78.8 cm³/mol. The van der Waals surface area contributed by atoms with Crippen LogP contribution in [0.2, 0.25) is 5.02 Å². The number of aryl methyl sites for hydroxylation is 1. The van der Waals surface area contributed by atoms with Crippen molar-refractivity contribution in [1.29, 1.82) is 0 Å². The number of hydrogen-bond donors (Lipinski definition) is 1. The van der Waals surface area contributed by atoms with E-state index < -0.39 is 0 Å². The van der Waals surface area contributed by atoms with Crippen molar-refractivity contribution in [3.8, 4) is 5.75 Å². The zero-order valence-electron chi connectivity index (χ0n) is 11.9. The molecular weight excluding hydrogens is 276 g/mol. The van der Waals surface area contributed by atoms with E-state index in [0.29, 0.717) is 24.2 Å². The highest BCUT2D eigenvalue weighted by atomic mass is 35.5. The summed E-state index contributed by atoms with van der Waals surface area (Å²) in [6, 6.07) is 6.05. The van der Waals surface area contributed by atoms with Crippen molar-refractivity contribution in [1.82, 2.24) is 20.1 Å². The van der Waals surface area contributed by atoms with E-state index >= 15 is 0 Å². The highest BCUT2D eigenvalue weighted by molar-refractivity contribution is 6.31. The Morgan fingerprint density at radius 3 is 2.85 bits per heavy atom. The van der Waals surface area contributed by atoms with Gasteiger partial charge in [0.05, 0.1) is 0 Å². The minimum absolute atomic E-state index is 0.367. The smallest absolute Gasteiger partial charge is 0.164 e. The second kappa shape index (κ2) is 6.72. The quantitative estimate of drug-likeness (QED) is 0.889. The molecule has 0 aliphatic rings. The Bertz CT molecular complexity index is 568. The maximum Gasteiger partial charge on any atom is 0.164 e. The monoisotopic (exact) mass is 294 g/mol. The first-order chi connectivity index (χ1) is 9.58. The predicted octanol–water partition coefficient (Wildman–Crippen LogP) is 2.55. The van der Waals surface area contributed by atoms with E-state index in [4.69, 9.17) is 16.3 Å². The Labute approximate surface area is 123 Å². The molecule has 5 nitrogen and oxygen atoms in total. The van der Waals surface area contributed by atoms with Crippen LogP contribution in [0.15, 0.2) is 24.5 Å². The van der Waals surface area contributed by atoms with Gasteiger partial charge in [-0.3, -0.25) is 4.68 Å². The van der Waals surface area contributed by atoms with Crippen LogP contribution in [0.3, 0.4) is 0 Å². The number of halogens is 1. The lowest BCUT2D eigenvalue weighted by molar-refractivity contribution is 0.286. The summed E-state index contributed by atoms with van der Waals surface area (Å²) in [5.74, 6) is 1.54. The molecule has 0 saturated heterocycles. The van der Waals surface area contributed by atoms with Gasteiger partial charge in [-0.05, 0) is 12.1 Å². The second-order valence-corrected chi connectivity index (χ2v) is 5.25. The third kappa shape index (κ3) is 3.71. The molecule has 20 heavy (non-hydrogen) atoms. The first kappa shape index (κ1) is 14.8. The Hall–Kier alpha value is -1.59. The van der Waals surface area contributed by atoms with Crippen LogP contribution in [0.1, 0.15) is 25.2 Å². The lowest BCUT2D eigenvalue weighted by atomic mass is 10.2. The third-order valence-corrected chi connectivity index (χ3v) is 3.28. The fourth-order valence-electron chi connectivity index (χ4n) is 1.74. The van der Waals surface area contributed by atoms with E-state index in [9.17, 15) is 0 Å². The molecule has 0 fully saturated rings. The van der Waals surface area contributed by atoms with Crippen LogP contribution in [-0.4, -0.2) is 20.8 Å². The summed E-state index contributed by atoms with van der Waals surface area (Å²) in [7, 11) is 1.84. The Morgan fingerprint density at radius 2 is 2.20 bits per heavy atom. The average Bonchev–Trinajstić information content (AvgIpc) is 2.80. The lowest BCUT2D eigenvalue weighted by Gasteiger charge is -2.14. The summed E-state index contributed by atoms with van der Waals surface area (Å²) in [5, 5.41) is 8.07. The van der Waals surface area contributed by atoms with E-state index in [-0.39, 0.29) is 0 Å². The molecule has 0 atom stereocenters. The molecule has 6 heteroatoms. The molecule has 0 unspecified atom stereocenters. The van der Waals surface area contributed by atoms with Gasteiger partial charge in [-0.1, -0.05) is 31.5 Å². The van der Waals surface area contributed by atoms with Crippen LogP contribution in [-0.2, 0) is 20.2 Å². The molecule has 108 valence electrons. The highest BCUT2D eigenvalue weighted by Gasteiger charge is 2.10. The molecule has 0 saturated carbocycles. The molecule has 0 radical (unpaired) electrons. The zero-order valence-corrected chi connectivity index (χ0v) is 12.7. The molecule has 1 aromatic carbocycles. The number of rotatable bonds is 6. The Kier molecular flexibility index (Phi) is 4.98. The number of nitrogens with zero attached hydrogens (tertiary/aromatic N) is 3. The summed E-state index contributed by atoms with van der Waals surface area (Å²) in [6.45, 7) is 5.23. The molecule has 0 spiro atoms. The summed E-state index contributed by atoms with van der Waals surface area (Å²) >= 11 is 6.25. The summed E-state index contributed by atoms with van der Waals surface area (Å²) in [4.78, 5) is 4.14. The molecule has 1 aromatic heterocycles. The zero-order chi connectivity index (χ0) is 14.5. The Morgan fingerprint density at radius 1 is 1.40 bits per heavy atom. The average molecular weight is 295 g/mol. The van der Waals surface area contributed by atoms with Gasteiger partial charge in [0, 0.05) is 30.2 Å². The number of hydrogen-bond acceptors (Lipinski definition) is 4. The molecule has 1 heterocycles. The largest absolute Gasteiger partial charge is 0.485 e. The van der Waals surface area contributed by atoms with Gasteiger partial charge in [-0.2, -0.15) is 5.10 Å². The maximum absolute atomic E-state index is 6.25. The van der Waals surface area contributed by atoms with Crippen LogP contribution >= 0.6 is 11.6 Å². The third-order valence-electron chi connectivity index (χ3n) is 2.92. The van der Waals surface area contributed by atoms with Crippen molar-refractivity contribution in [3.63, 3.8) is 0 Å². The fourth-order valence-corrected chi connectivity index (χ4v) is 1.98. The molecule has 0 aliphatic carbocycles. The van der Waals surface area contributed by atoms with Crippen LogP contribution in [0.4, 0.5) is 0 Å². The number of nitrogens with one attached hydrogen (secondary N) is 1. The van der Waals surface area contributed by atoms with Crippen molar-refractivity contribution >= 4 is 11.6 Å². The topological polar surface area (TPSA) is 52.0 Å². The van der Waals surface area contributed by atoms with Crippen LogP contribution < -0.4 is 10.1 Å². The van der Waals surface area contributed by atoms with Crippen molar-refractivity contribution in [2.45, 2.75) is 33.0 Å².